The maximum Gasteiger partial charge on any atom is 0.253 e. The molecule has 0 unspecified atom stereocenters. The van der Waals surface area contributed by atoms with E-state index in [4.69, 9.17) is 4.74 Å². The fraction of sp³-hybridized carbons (Fsp3) is 0.385. The Bertz CT molecular complexity index is 1330. The molecule has 35 heavy (non-hydrogen) atoms. The molecular formula is C26H31N7O2. The highest BCUT2D eigenvalue weighted by molar-refractivity contribution is 5.79. The molecule has 0 aliphatic carbocycles. The highest BCUT2D eigenvalue weighted by atomic mass is 16.5. The Morgan fingerprint density at radius 1 is 1.06 bits per heavy atom. The zero-order valence-corrected chi connectivity index (χ0v) is 20.2. The molecule has 2 aromatic carbocycles. The lowest BCUT2D eigenvalue weighted by Gasteiger charge is -2.38. The lowest BCUT2D eigenvalue weighted by Crippen LogP contribution is -2.48. The summed E-state index contributed by atoms with van der Waals surface area (Å²) in [5.74, 6) is 0.663. The molecule has 3 heterocycles. The van der Waals surface area contributed by atoms with Crippen molar-refractivity contribution < 1.29 is 4.74 Å². The summed E-state index contributed by atoms with van der Waals surface area (Å²) in [5, 5.41) is 13.5. The summed E-state index contributed by atoms with van der Waals surface area (Å²) >= 11 is 0. The molecule has 0 radical (unpaired) electrons. The highest BCUT2D eigenvalue weighted by Gasteiger charge is 2.32. The normalized spacial score (nSPS) is 16.1. The van der Waals surface area contributed by atoms with E-state index in [1.54, 1.807) is 11.8 Å². The monoisotopic (exact) mass is 473 g/mol. The Balaban J connectivity index is 1.47. The van der Waals surface area contributed by atoms with Gasteiger partial charge in [-0.3, -0.25) is 14.6 Å². The molecule has 4 aromatic rings. The SMILES string of the molecule is COCCn1nnnc1[C@H](c1cc2cc(C)ccc2[nH]c1=O)N1CCN(Cc2ccccc2)CC1. The Morgan fingerprint density at radius 2 is 1.86 bits per heavy atom. The van der Waals surface area contributed by atoms with Gasteiger partial charge in [-0.25, -0.2) is 4.68 Å². The number of rotatable bonds is 8. The molecule has 2 aromatic heterocycles. The van der Waals surface area contributed by atoms with Crippen LogP contribution in [0.25, 0.3) is 10.9 Å². The number of fused-ring (bicyclic) bond motifs is 1. The van der Waals surface area contributed by atoms with Crippen LogP contribution in [0.5, 0.6) is 0 Å². The molecule has 9 heteroatoms. The van der Waals surface area contributed by atoms with E-state index in [0.29, 0.717) is 24.5 Å². The van der Waals surface area contributed by atoms with Gasteiger partial charge in [0.1, 0.15) is 6.04 Å². The van der Waals surface area contributed by atoms with Gasteiger partial charge in [0.25, 0.3) is 5.56 Å². The zero-order chi connectivity index (χ0) is 24.2. The van der Waals surface area contributed by atoms with Crippen molar-refractivity contribution in [3.05, 3.63) is 87.5 Å². The number of pyridine rings is 1. The first kappa shape index (κ1) is 23.3. The van der Waals surface area contributed by atoms with Crippen molar-refractivity contribution >= 4 is 10.9 Å². The smallest absolute Gasteiger partial charge is 0.253 e. The molecule has 0 saturated carbocycles. The lowest BCUT2D eigenvalue weighted by molar-refractivity contribution is 0.0984. The van der Waals surface area contributed by atoms with Gasteiger partial charge < -0.3 is 9.72 Å². The number of hydrogen-bond acceptors (Lipinski definition) is 7. The number of nitrogens with one attached hydrogen (secondary N) is 1. The van der Waals surface area contributed by atoms with Gasteiger partial charge in [0.15, 0.2) is 5.82 Å². The van der Waals surface area contributed by atoms with Crippen LogP contribution in [-0.4, -0.2) is 74.9 Å². The number of piperazine rings is 1. The molecule has 1 aliphatic rings. The van der Waals surface area contributed by atoms with Gasteiger partial charge in [0.2, 0.25) is 0 Å². The van der Waals surface area contributed by atoms with Crippen molar-refractivity contribution in [2.75, 3.05) is 39.9 Å². The van der Waals surface area contributed by atoms with Gasteiger partial charge in [0, 0.05) is 50.9 Å². The Labute approximate surface area is 204 Å². The first-order valence-electron chi connectivity index (χ1n) is 12.0. The van der Waals surface area contributed by atoms with Crippen LogP contribution in [0.3, 0.4) is 0 Å². The molecule has 9 nitrogen and oxygen atoms in total. The molecular weight excluding hydrogens is 442 g/mol. The van der Waals surface area contributed by atoms with Crippen LogP contribution < -0.4 is 5.56 Å². The maximum atomic E-state index is 13.3. The Kier molecular flexibility index (Phi) is 6.98. The predicted molar refractivity (Wildman–Crippen MR) is 134 cm³/mol. The number of H-pyrrole nitrogens is 1. The van der Waals surface area contributed by atoms with Crippen molar-refractivity contribution in [3.63, 3.8) is 0 Å². The van der Waals surface area contributed by atoms with E-state index >= 15 is 0 Å². The van der Waals surface area contributed by atoms with Crippen LogP contribution in [0.2, 0.25) is 0 Å². The largest absolute Gasteiger partial charge is 0.383 e. The van der Waals surface area contributed by atoms with Crippen molar-refractivity contribution in [3.8, 4) is 0 Å². The molecule has 0 amide bonds. The molecule has 0 spiro atoms. The third kappa shape index (κ3) is 5.17. The van der Waals surface area contributed by atoms with E-state index in [1.807, 2.05) is 24.3 Å². The van der Waals surface area contributed by atoms with Crippen LogP contribution in [0.15, 0.2) is 59.4 Å². The van der Waals surface area contributed by atoms with E-state index < -0.39 is 0 Å². The average molecular weight is 474 g/mol. The van der Waals surface area contributed by atoms with Crippen LogP contribution in [0, 0.1) is 6.92 Å². The molecule has 0 bridgehead atoms. The van der Waals surface area contributed by atoms with Gasteiger partial charge in [-0.05, 0) is 46.5 Å². The fourth-order valence-electron chi connectivity index (χ4n) is 4.81. The van der Waals surface area contributed by atoms with Crippen molar-refractivity contribution in [2.24, 2.45) is 0 Å². The third-order valence-electron chi connectivity index (χ3n) is 6.66. The number of tetrazole rings is 1. The quantitative estimate of drug-likeness (QED) is 0.420. The van der Waals surface area contributed by atoms with Crippen molar-refractivity contribution in [2.45, 2.75) is 26.1 Å². The minimum Gasteiger partial charge on any atom is -0.383 e. The summed E-state index contributed by atoms with van der Waals surface area (Å²) in [5.41, 5.74) is 3.83. The first-order valence-corrected chi connectivity index (χ1v) is 12.0. The summed E-state index contributed by atoms with van der Waals surface area (Å²) < 4.78 is 7.02. The molecule has 182 valence electrons. The highest BCUT2D eigenvalue weighted by Crippen LogP contribution is 2.28. The number of aromatic amines is 1. The van der Waals surface area contributed by atoms with Gasteiger partial charge in [-0.1, -0.05) is 42.0 Å². The molecule has 1 fully saturated rings. The van der Waals surface area contributed by atoms with Crippen molar-refractivity contribution in [1.29, 1.82) is 0 Å². The van der Waals surface area contributed by atoms with Crippen LogP contribution in [-0.2, 0) is 17.8 Å². The first-order chi connectivity index (χ1) is 17.1. The van der Waals surface area contributed by atoms with E-state index in [-0.39, 0.29) is 11.6 Å². The van der Waals surface area contributed by atoms with E-state index in [9.17, 15) is 4.79 Å². The van der Waals surface area contributed by atoms with Crippen molar-refractivity contribution in [1.82, 2.24) is 35.0 Å². The number of nitrogens with zero attached hydrogens (tertiary/aromatic N) is 6. The summed E-state index contributed by atoms with van der Waals surface area (Å²) in [6.45, 7) is 7.39. The number of ether oxygens (including phenoxy) is 1. The summed E-state index contributed by atoms with van der Waals surface area (Å²) in [7, 11) is 1.66. The standard InChI is InChI=1S/C26H31N7O2/c1-19-8-9-23-21(16-19)17-22(26(34)27-23)24(25-28-29-30-33(25)14-15-35-2)32-12-10-31(11-13-32)18-20-6-4-3-5-7-20/h3-9,16-17,24H,10-15,18H2,1-2H3,(H,27,34)/t24-/m0/s1. The number of benzene rings is 2. The maximum absolute atomic E-state index is 13.3. The molecule has 1 aliphatic heterocycles. The second kappa shape index (κ2) is 10.5. The number of methoxy groups -OCH3 is 1. The predicted octanol–water partition coefficient (Wildman–Crippen LogP) is 2.38. The molecule has 1 saturated heterocycles. The minimum absolute atomic E-state index is 0.112. The Hall–Kier alpha value is -3.40. The lowest BCUT2D eigenvalue weighted by atomic mass is 10.0. The summed E-state index contributed by atoms with van der Waals surface area (Å²) in [6.07, 6.45) is 0. The summed E-state index contributed by atoms with van der Waals surface area (Å²) in [4.78, 5) is 21.2. The molecule has 1 atom stereocenters. The fourth-order valence-corrected chi connectivity index (χ4v) is 4.81. The van der Waals surface area contributed by atoms with Gasteiger partial charge >= 0.3 is 0 Å². The van der Waals surface area contributed by atoms with E-state index in [1.165, 1.54) is 5.56 Å². The van der Waals surface area contributed by atoms with Gasteiger partial charge in [0.05, 0.1) is 13.2 Å². The van der Waals surface area contributed by atoms with Crippen LogP contribution in [0.4, 0.5) is 0 Å². The summed E-state index contributed by atoms with van der Waals surface area (Å²) in [6, 6.07) is 18.2. The van der Waals surface area contributed by atoms with E-state index in [0.717, 1.165) is 49.2 Å². The van der Waals surface area contributed by atoms with Crippen LogP contribution in [0.1, 0.15) is 28.6 Å². The third-order valence-corrected chi connectivity index (χ3v) is 6.66. The van der Waals surface area contributed by atoms with E-state index in [2.05, 4.69) is 67.6 Å². The number of aromatic nitrogens is 5. The second-order valence-electron chi connectivity index (χ2n) is 9.10. The molecule has 5 rings (SSSR count). The van der Waals surface area contributed by atoms with Crippen LogP contribution >= 0.6 is 0 Å². The Morgan fingerprint density at radius 3 is 2.63 bits per heavy atom. The van der Waals surface area contributed by atoms with Gasteiger partial charge in [-0.2, -0.15) is 0 Å². The minimum atomic E-state index is -0.352. The topological polar surface area (TPSA) is 92.2 Å². The number of aryl methyl sites for hydroxylation is 1. The van der Waals surface area contributed by atoms with Gasteiger partial charge in [-0.15, -0.1) is 5.10 Å². The number of hydrogen-bond donors (Lipinski definition) is 1. The molecule has 1 N–H and O–H groups in total. The average Bonchev–Trinajstić information content (AvgIpc) is 3.33. The zero-order valence-electron chi connectivity index (χ0n) is 20.2. The second-order valence-corrected chi connectivity index (χ2v) is 9.10.